The van der Waals surface area contributed by atoms with Gasteiger partial charge in [-0.1, -0.05) is 146 Å². The Labute approximate surface area is 348 Å². The second-order valence-corrected chi connectivity index (χ2v) is 19.1. The lowest BCUT2D eigenvalue weighted by molar-refractivity contribution is 0.590. The highest BCUT2D eigenvalue weighted by atomic mass is 15.1. The zero-order chi connectivity index (χ0) is 40.4. The second kappa shape index (κ2) is 12.5. The van der Waals surface area contributed by atoms with E-state index in [1.807, 2.05) is 0 Å². The van der Waals surface area contributed by atoms with Gasteiger partial charge in [-0.15, -0.1) is 0 Å². The number of hydrogen-bond donors (Lipinski definition) is 0. The molecule has 59 heavy (non-hydrogen) atoms. The lowest BCUT2D eigenvalue weighted by Gasteiger charge is -2.29. The van der Waals surface area contributed by atoms with Crippen LogP contribution in [0.4, 0.5) is 17.1 Å². The number of nitrogens with zero attached hydrogens (tertiary/aromatic N) is 1. The molecular weight excluding hydrogens is 711 g/mol. The molecule has 1 nitrogen and oxygen atoms in total. The molecule has 9 aromatic rings. The van der Waals surface area contributed by atoms with Crippen LogP contribution in [0.3, 0.4) is 0 Å². The normalized spacial score (nSPS) is 14.6. The Morgan fingerprint density at radius 1 is 0.339 bits per heavy atom. The summed E-state index contributed by atoms with van der Waals surface area (Å²) < 4.78 is 0. The van der Waals surface area contributed by atoms with Gasteiger partial charge in [0.15, 0.2) is 0 Å². The molecule has 0 bridgehead atoms. The fourth-order valence-electron chi connectivity index (χ4n) is 10.3. The van der Waals surface area contributed by atoms with Gasteiger partial charge in [-0.3, -0.25) is 0 Å². The van der Waals surface area contributed by atoms with E-state index in [4.69, 9.17) is 0 Å². The summed E-state index contributed by atoms with van der Waals surface area (Å²) in [6, 6.07) is 64.3. The number of anilines is 3. The van der Waals surface area contributed by atoms with Crippen molar-refractivity contribution in [2.24, 2.45) is 0 Å². The minimum absolute atomic E-state index is 0.0834. The van der Waals surface area contributed by atoms with E-state index in [0.29, 0.717) is 0 Å². The quantitative estimate of drug-likeness (QED) is 0.173. The van der Waals surface area contributed by atoms with Crippen molar-refractivity contribution in [3.63, 3.8) is 0 Å². The first-order chi connectivity index (χ1) is 28.3. The summed E-state index contributed by atoms with van der Waals surface area (Å²) in [6.07, 6.45) is 0. The smallest absolute Gasteiger partial charge is 0.0468 e. The Morgan fingerprint density at radius 2 is 0.780 bits per heavy atom. The molecular formula is C58H49N. The molecule has 1 heteroatoms. The van der Waals surface area contributed by atoms with Crippen LogP contribution in [0.1, 0.15) is 76.3 Å². The molecule has 2 aliphatic rings. The highest BCUT2D eigenvalue weighted by Gasteiger charge is 2.42. The van der Waals surface area contributed by atoms with E-state index in [2.05, 4.69) is 223 Å². The van der Waals surface area contributed by atoms with E-state index in [9.17, 15) is 0 Å². The number of rotatable bonds is 4. The van der Waals surface area contributed by atoms with Gasteiger partial charge < -0.3 is 4.90 Å². The first-order valence-electron chi connectivity index (χ1n) is 21.2. The van der Waals surface area contributed by atoms with Gasteiger partial charge in [0.25, 0.3) is 0 Å². The Bertz CT molecular complexity index is 3190. The molecule has 0 fully saturated rings. The molecule has 0 amide bonds. The maximum absolute atomic E-state index is 2.54. The third-order valence-electron chi connectivity index (χ3n) is 13.7. The van der Waals surface area contributed by atoms with Gasteiger partial charge in [0.2, 0.25) is 0 Å². The summed E-state index contributed by atoms with van der Waals surface area (Å²) >= 11 is 0. The van der Waals surface area contributed by atoms with Crippen molar-refractivity contribution in [1.82, 2.24) is 0 Å². The van der Waals surface area contributed by atoms with Crippen LogP contribution in [-0.2, 0) is 16.2 Å². The standard InChI is InChI=1S/C58H49N/c1-56(2,3)44-21-24-45(25-22-44)59(46-23-20-37-13-9-11-15-39(37)30-46)47-26-27-48-50-34-55-51(35-54(50)58(6,7)53(48)33-47)49-31-42-19-18-41(29-43(42)32-52(49)57(55,4)5)40-17-16-36-12-8-10-14-38(36)28-40/h8-35H,1-7H3. The van der Waals surface area contributed by atoms with Crippen LogP contribution in [0.2, 0.25) is 0 Å². The van der Waals surface area contributed by atoms with Gasteiger partial charge in [0, 0.05) is 27.9 Å². The number of hydrogen-bond acceptors (Lipinski definition) is 1. The zero-order valence-electron chi connectivity index (χ0n) is 35.1. The summed E-state index contributed by atoms with van der Waals surface area (Å²) in [5.41, 5.74) is 18.2. The highest BCUT2D eigenvalue weighted by molar-refractivity contribution is 5.99. The molecule has 0 saturated heterocycles. The third kappa shape index (κ3) is 5.51. The lowest BCUT2D eigenvalue weighted by Crippen LogP contribution is -2.17. The van der Waals surface area contributed by atoms with Crippen molar-refractivity contribution < 1.29 is 0 Å². The number of fused-ring (bicyclic) bond motifs is 9. The second-order valence-electron chi connectivity index (χ2n) is 19.1. The highest BCUT2D eigenvalue weighted by Crippen LogP contribution is 2.57. The number of benzene rings is 9. The minimum atomic E-state index is -0.181. The van der Waals surface area contributed by atoms with Crippen molar-refractivity contribution in [3.05, 3.63) is 198 Å². The Hall–Kier alpha value is -6.44. The van der Waals surface area contributed by atoms with E-state index in [1.54, 1.807) is 0 Å². The van der Waals surface area contributed by atoms with E-state index in [1.165, 1.54) is 99.2 Å². The predicted octanol–water partition coefficient (Wildman–Crippen LogP) is 16.2. The molecule has 0 saturated carbocycles. The molecule has 11 rings (SSSR count). The maximum atomic E-state index is 2.54. The SMILES string of the molecule is CC(C)(C)c1ccc(N(c2ccc3c(c2)C(C)(C)c2cc4c(cc2-3)C(C)(C)c2cc3cc(-c5ccc6ccccc6c5)ccc3cc2-4)c2ccc3ccccc3c2)cc1. The molecule has 286 valence electrons. The molecule has 0 aromatic heterocycles. The Balaban J connectivity index is 1.00. The minimum Gasteiger partial charge on any atom is -0.310 e. The van der Waals surface area contributed by atoms with E-state index >= 15 is 0 Å². The van der Waals surface area contributed by atoms with Crippen LogP contribution >= 0.6 is 0 Å². The van der Waals surface area contributed by atoms with Gasteiger partial charge in [-0.05, 0) is 172 Å². The predicted molar refractivity (Wildman–Crippen MR) is 253 cm³/mol. The van der Waals surface area contributed by atoms with Gasteiger partial charge in [0.05, 0.1) is 0 Å². The van der Waals surface area contributed by atoms with Gasteiger partial charge in [-0.2, -0.15) is 0 Å². The van der Waals surface area contributed by atoms with Crippen molar-refractivity contribution in [2.75, 3.05) is 4.90 Å². The van der Waals surface area contributed by atoms with Crippen LogP contribution in [-0.4, -0.2) is 0 Å². The van der Waals surface area contributed by atoms with Crippen LogP contribution in [0.15, 0.2) is 170 Å². The molecule has 0 spiro atoms. The van der Waals surface area contributed by atoms with Gasteiger partial charge in [0.1, 0.15) is 0 Å². The van der Waals surface area contributed by atoms with Crippen LogP contribution < -0.4 is 4.90 Å². The fourth-order valence-corrected chi connectivity index (χ4v) is 10.3. The van der Waals surface area contributed by atoms with E-state index in [0.717, 1.165) is 11.4 Å². The van der Waals surface area contributed by atoms with E-state index in [-0.39, 0.29) is 16.2 Å². The molecule has 0 radical (unpaired) electrons. The van der Waals surface area contributed by atoms with Crippen molar-refractivity contribution in [2.45, 2.75) is 64.7 Å². The summed E-state index contributed by atoms with van der Waals surface area (Å²) in [7, 11) is 0. The summed E-state index contributed by atoms with van der Waals surface area (Å²) in [5.74, 6) is 0. The maximum Gasteiger partial charge on any atom is 0.0468 e. The van der Waals surface area contributed by atoms with Crippen molar-refractivity contribution in [3.8, 4) is 33.4 Å². The summed E-state index contributed by atoms with van der Waals surface area (Å²) in [4.78, 5) is 2.44. The van der Waals surface area contributed by atoms with Crippen molar-refractivity contribution in [1.29, 1.82) is 0 Å². The van der Waals surface area contributed by atoms with Crippen LogP contribution in [0.25, 0.3) is 65.7 Å². The molecule has 0 aliphatic heterocycles. The first-order valence-corrected chi connectivity index (χ1v) is 21.2. The van der Waals surface area contributed by atoms with Gasteiger partial charge in [-0.25, -0.2) is 0 Å². The lowest BCUT2D eigenvalue weighted by atomic mass is 9.79. The molecule has 0 atom stereocenters. The van der Waals surface area contributed by atoms with Gasteiger partial charge >= 0.3 is 0 Å². The third-order valence-corrected chi connectivity index (χ3v) is 13.7. The Kier molecular flexibility index (Phi) is 7.58. The van der Waals surface area contributed by atoms with Crippen LogP contribution in [0.5, 0.6) is 0 Å². The summed E-state index contributed by atoms with van der Waals surface area (Å²) in [6.45, 7) is 16.5. The molecule has 2 aliphatic carbocycles. The monoisotopic (exact) mass is 759 g/mol. The molecule has 0 unspecified atom stereocenters. The average Bonchev–Trinajstić information content (AvgIpc) is 3.59. The summed E-state index contributed by atoms with van der Waals surface area (Å²) in [5, 5.41) is 7.63. The Morgan fingerprint density at radius 3 is 1.42 bits per heavy atom. The average molecular weight is 760 g/mol. The van der Waals surface area contributed by atoms with Crippen LogP contribution in [0, 0.1) is 0 Å². The molecule has 0 heterocycles. The molecule has 9 aromatic carbocycles. The zero-order valence-corrected chi connectivity index (χ0v) is 35.1. The van der Waals surface area contributed by atoms with Crippen molar-refractivity contribution >= 4 is 49.4 Å². The largest absolute Gasteiger partial charge is 0.310 e. The first kappa shape index (κ1) is 35.7. The fraction of sp³-hybridized carbons (Fsp3) is 0.172. The van der Waals surface area contributed by atoms with E-state index < -0.39 is 0 Å². The molecule has 0 N–H and O–H groups in total. The topological polar surface area (TPSA) is 3.24 Å².